The lowest BCUT2D eigenvalue weighted by Crippen LogP contribution is -2.50. The summed E-state index contributed by atoms with van der Waals surface area (Å²) in [6, 6.07) is 12.6. The maximum absolute atomic E-state index is 10.8. The molecule has 2 unspecified atom stereocenters. The van der Waals surface area contributed by atoms with Crippen molar-refractivity contribution in [2.75, 3.05) is 0 Å². The molecule has 0 saturated carbocycles. The first kappa shape index (κ1) is 17.4. The van der Waals surface area contributed by atoms with Crippen LogP contribution in [0.4, 0.5) is 0 Å². The summed E-state index contributed by atoms with van der Waals surface area (Å²) in [4.78, 5) is 2.57. The molecule has 2 N–H and O–H groups in total. The second kappa shape index (κ2) is 7.31. The number of piperidine rings is 1. The van der Waals surface area contributed by atoms with Gasteiger partial charge >= 0.3 is 0 Å². The van der Waals surface area contributed by atoms with Gasteiger partial charge in [0.15, 0.2) is 0 Å². The van der Waals surface area contributed by atoms with Gasteiger partial charge in [0.05, 0.1) is 10.3 Å². The SMILES string of the molecule is C[C@H]([C@@H](O)c1ccc(O)cc1)N1C2CCC1CC(Sc1cccs1)C2. The highest BCUT2D eigenvalue weighted by molar-refractivity contribution is 8.01. The van der Waals surface area contributed by atoms with E-state index in [0.29, 0.717) is 17.3 Å². The Bertz CT molecular complexity index is 674. The van der Waals surface area contributed by atoms with E-state index in [9.17, 15) is 10.2 Å². The van der Waals surface area contributed by atoms with Gasteiger partial charge in [-0.2, -0.15) is 0 Å². The fourth-order valence-corrected chi connectivity index (χ4v) is 6.90. The molecule has 0 radical (unpaired) electrons. The molecular weight excluding hydrogens is 350 g/mol. The predicted molar refractivity (Wildman–Crippen MR) is 104 cm³/mol. The smallest absolute Gasteiger partial charge is 0.115 e. The first-order chi connectivity index (χ1) is 12.1. The molecule has 2 bridgehead atoms. The van der Waals surface area contributed by atoms with Crippen molar-refractivity contribution in [3.8, 4) is 5.75 Å². The Morgan fingerprint density at radius 2 is 1.80 bits per heavy atom. The maximum atomic E-state index is 10.8. The molecule has 1 aromatic heterocycles. The molecule has 0 aliphatic carbocycles. The summed E-state index contributed by atoms with van der Waals surface area (Å²) in [6.07, 6.45) is 4.42. The van der Waals surface area contributed by atoms with Gasteiger partial charge in [-0.25, -0.2) is 0 Å². The van der Waals surface area contributed by atoms with Crippen molar-refractivity contribution in [3.05, 3.63) is 47.3 Å². The number of hydrogen-bond donors (Lipinski definition) is 2. The number of aromatic hydroxyl groups is 1. The number of aliphatic hydroxyl groups is 1. The average Bonchev–Trinajstić information content (AvgIpc) is 3.20. The minimum atomic E-state index is -0.509. The topological polar surface area (TPSA) is 43.7 Å². The minimum Gasteiger partial charge on any atom is -0.508 e. The van der Waals surface area contributed by atoms with Crippen molar-refractivity contribution in [1.29, 1.82) is 0 Å². The van der Waals surface area contributed by atoms with E-state index in [2.05, 4.69) is 29.3 Å². The van der Waals surface area contributed by atoms with Crippen LogP contribution in [0.15, 0.2) is 46.0 Å². The quantitative estimate of drug-likeness (QED) is 0.797. The lowest BCUT2D eigenvalue weighted by atomic mass is 9.95. The van der Waals surface area contributed by atoms with Crippen LogP contribution in [0.1, 0.15) is 44.3 Å². The number of fused-ring (bicyclic) bond motifs is 2. The third-order valence-corrected chi connectivity index (χ3v) is 8.01. The number of aliphatic hydroxyl groups excluding tert-OH is 1. The Kier molecular flexibility index (Phi) is 5.09. The Balaban J connectivity index is 1.44. The number of thiophene rings is 1. The summed E-state index contributed by atoms with van der Waals surface area (Å²) in [6.45, 7) is 2.15. The Labute approximate surface area is 157 Å². The van der Waals surface area contributed by atoms with Crippen molar-refractivity contribution in [2.45, 2.75) is 66.3 Å². The van der Waals surface area contributed by atoms with Gasteiger partial charge in [-0.1, -0.05) is 18.2 Å². The highest BCUT2D eigenvalue weighted by Gasteiger charge is 2.44. The van der Waals surface area contributed by atoms with Crippen LogP contribution in [0.3, 0.4) is 0 Å². The highest BCUT2D eigenvalue weighted by atomic mass is 32.2. The van der Waals surface area contributed by atoms with E-state index in [1.54, 1.807) is 12.1 Å². The zero-order valence-electron chi connectivity index (χ0n) is 14.4. The summed E-state index contributed by atoms with van der Waals surface area (Å²) in [5, 5.41) is 23.2. The highest BCUT2D eigenvalue weighted by Crippen LogP contribution is 2.45. The second-order valence-corrected chi connectivity index (χ2v) is 9.80. The summed E-state index contributed by atoms with van der Waals surface area (Å²) in [5.74, 6) is 0.245. The monoisotopic (exact) mass is 375 g/mol. The Hall–Kier alpha value is -1.01. The molecule has 2 aliphatic rings. The second-order valence-electron chi connectivity index (χ2n) is 7.25. The molecule has 1 aromatic carbocycles. The van der Waals surface area contributed by atoms with Gasteiger partial charge < -0.3 is 10.2 Å². The maximum Gasteiger partial charge on any atom is 0.115 e. The number of nitrogens with zero attached hydrogens (tertiary/aromatic N) is 1. The van der Waals surface area contributed by atoms with Crippen LogP contribution in [0, 0.1) is 0 Å². The van der Waals surface area contributed by atoms with Crippen LogP contribution in [0.25, 0.3) is 0 Å². The minimum absolute atomic E-state index is 0.106. The van der Waals surface area contributed by atoms with Crippen molar-refractivity contribution in [1.82, 2.24) is 4.90 Å². The Morgan fingerprint density at radius 3 is 2.40 bits per heavy atom. The molecular formula is C20H25NO2S2. The number of rotatable bonds is 5. The molecule has 3 heterocycles. The molecule has 2 saturated heterocycles. The number of benzene rings is 1. The number of hydrogen-bond acceptors (Lipinski definition) is 5. The van der Waals surface area contributed by atoms with Crippen molar-refractivity contribution in [2.24, 2.45) is 0 Å². The van der Waals surface area contributed by atoms with E-state index in [0.717, 1.165) is 5.56 Å². The van der Waals surface area contributed by atoms with Crippen LogP contribution >= 0.6 is 23.1 Å². The molecule has 0 spiro atoms. The van der Waals surface area contributed by atoms with E-state index in [-0.39, 0.29) is 11.8 Å². The zero-order chi connectivity index (χ0) is 17.4. The largest absolute Gasteiger partial charge is 0.508 e. The molecule has 2 fully saturated rings. The molecule has 4 atom stereocenters. The molecule has 2 aliphatic heterocycles. The van der Waals surface area contributed by atoms with Gasteiger partial charge in [0.25, 0.3) is 0 Å². The lowest BCUT2D eigenvalue weighted by Gasteiger charge is -2.43. The first-order valence-corrected chi connectivity index (χ1v) is 10.8. The molecule has 4 rings (SSSR count). The predicted octanol–water partition coefficient (Wildman–Crippen LogP) is 4.66. The van der Waals surface area contributed by atoms with Gasteiger partial charge in [0.2, 0.25) is 0 Å². The normalized spacial score (nSPS) is 28.8. The number of phenols is 1. The van der Waals surface area contributed by atoms with Gasteiger partial charge in [-0.05, 0) is 61.7 Å². The molecule has 134 valence electrons. The third-order valence-electron chi connectivity index (χ3n) is 5.69. The number of thioether (sulfide) groups is 1. The molecule has 5 heteroatoms. The fraction of sp³-hybridized carbons (Fsp3) is 0.500. The van der Waals surface area contributed by atoms with Crippen LogP contribution in [0.5, 0.6) is 5.75 Å². The van der Waals surface area contributed by atoms with Crippen LogP contribution in [-0.2, 0) is 0 Å². The van der Waals surface area contributed by atoms with E-state index in [4.69, 9.17) is 0 Å². The molecule has 2 aromatic rings. The Morgan fingerprint density at radius 1 is 1.12 bits per heavy atom. The average molecular weight is 376 g/mol. The van der Waals surface area contributed by atoms with Gasteiger partial charge in [-0.3, -0.25) is 4.90 Å². The van der Waals surface area contributed by atoms with Gasteiger partial charge in [0.1, 0.15) is 5.75 Å². The summed E-state index contributed by atoms with van der Waals surface area (Å²) in [7, 11) is 0. The van der Waals surface area contributed by atoms with Crippen LogP contribution in [-0.4, -0.2) is 38.5 Å². The van der Waals surface area contributed by atoms with Gasteiger partial charge in [-0.15, -0.1) is 23.1 Å². The summed E-state index contributed by atoms with van der Waals surface area (Å²) >= 11 is 3.88. The fourth-order valence-electron chi connectivity index (χ4n) is 4.53. The van der Waals surface area contributed by atoms with Crippen molar-refractivity contribution in [3.63, 3.8) is 0 Å². The van der Waals surface area contributed by atoms with E-state index < -0.39 is 6.10 Å². The molecule has 25 heavy (non-hydrogen) atoms. The van der Waals surface area contributed by atoms with E-state index >= 15 is 0 Å². The third kappa shape index (κ3) is 3.61. The molecule has 3 nitrogen and oxygen atoms in total. The molecule has 0 amide bonds. The number of phenolic OH excluding ortho intramolecular Hbond substituents is 1. The lowest BCUT2D eigenvalue weighted by molar-refractivity contribution is 0.0115. The summed E-state index contributed by atoms with van der Waals surface area (Å²) < 4.78 is 1.43. The van der Waals surface area contributed by atoms with E-state index in [1.807, 2.05) is 35.2 Å². The first-order valence-electron chi connectivity index (χ1n) is 9.06. The van der Waals surface area contributed by atoms with Crippen molar-refractivity contribution < 1.29 is 10.2 Å². The van der Waals surface area contributed by atoms with E-state index in [1.165, 1.54) is 29.9 Å². The van der Waals surface area contributed by atoms with Gasteiger partial charge in [0, 0.05) is 23.4 Å². The standard InChI is InChI=1S/C20H25NO2S2/c1-13(20(23)14-4-8-17(22)9-5-14)21-15-6-7-16(21)12-18(11-15)25-19-3-2-10-24-19/h2-5,8-10,13,15-16,18,20,22-23H,6-7,11-12H2,1H3/t13-,15?,16?,18?,20-/m1/s1. The zero-order valence-corrected chi connectivity index (χ0v) is 16.0. The summed E-state index contributed by atoms with van der Waals surface area (Å²) in [5.41, 5.74) is 0.889. The van der Waals surface area contributed by atoms with Crippen molar-refractivity contribution >= 4 is 23.1 Å². The van der Waals surface area contributed by atoms with Crippen LogP contribution in [0.2, 0.25) is 0 Å². The van der Waals surface area contributed by atoms with Crippen LogP contribution < -0.4 is 0 Å².